The second-order valence-corrected chi connectivity index (χ2v) is 3.92. The zero-order valence-corrected chi connectivity index (χ0v) is 9.87. The van der Waals surface area contributed by atoms with Crippen molar-refractivity contribution in [3.63, 3.8) is 0 Å². The number of nitrogens with one attached hydrogen (secondary N) is 1. The summed E-state index contributed by atoms with van der Waals surface area (Å²) >= 11 is 0. The van der Waals surface area contributed by atoms with Crippen LogP contribution in [0.4, 0.5) is 15.8 Å². The predicted molar refractivity (Wildman–Crippen MR) is 64.5 cm³/mol. The quantitative estimate of drug-likeness (QED) is 0.611. The number of benzene rings is 1. The van der Waals surface area contributed by atoms with E-state index in [-0.39, 0.29) is 11.7 Å². The molecule has 0 aliphatic heterocycles. The maximum atomic E-state index is 13.2. The van der Waals surface area contributed by atoms with E-state index in [0.29, 0.717) is 17.8 Å². The van der Waals surface area contributed by atoms with E-state index in [0.717, 1.165) is 12.5 Å². The summed E-state index contributed by atoms with van der Waals surface area (Å²) in [7, 11) is 0. The highest BCUT2D eigenvalue weighted by Gasteiger charge is 2.17. The molecule has 1 rings (SSSR count). The molecular weight excluding hydrogens is 225 g/mol. The maximum absolute atomic E-state index is 13.2. The summed E-state index contributed by atoms with van der Waals surface area (Å²) < 4.78 is 13.2. The standard InChI is InChI=1S/C11H16FN3O2/c1-3-8(13)6-14-10-4-7(2)9(12)5-11(10)15(16)17/h4-5,8,14H,3,6,13H2,1-2H3. The van der Waals surface area contributed by atoms with E-state index in [9.17, 15) is 14.5 Å². The van der Waals surface area contributed by atoms with Crippen LogP contribution in [0.25, 0.3) is 0 Å². The molecule has 17 heavy (non-hydrogen) atoms. The number of rotatable bonds is 5. The first-order valence-electron chi connectivity index (χ1n) is 5.39. The third kappa shape index (κ3) is 3.39. The van der Waals surface area contributed by atoms with Gasteiger partial charge in [-0.3, -0.25) is 10.1 Å². The van der Waals surface area contributed by atoms with Gasteiger partial charge in [0.25, 0.3) is 5.69 Å². The number of nitrogens with two attached hydrogens (primary N) is 1. The van der Waals surface area contributed by atoms with Gasteiger partial charge in [0.15, 0.2) is 0 Å². The van der Waals surface area contributed by atoms with Crippen molar-refractivity contribution < 1.29 is 9.31 Å². The SMILES string of the molecule is CCC(N)CNc1cc(C)c(F)cc1[N+](=O)[O-]. The molecule has 0 aliphatic rings. The van der Waals surface area contributed by atoms with Crippen LogP contribution in [0.1, 0.15) is 18.9 Å². The fourth-order valence-corrected chi connectivity index (χ4v) is 1.35. The van der Waals surface area contributed by atoms with Gasteiger partial charge in [-0.1, -0.05) is 6.92 Å². The molecule has 0 bridgehead atoms. The van der Waals surface area contributed by atoms with Gasteiger partial charge in [0.1, 0.15) is 11.5 Å². The van der Waals surface area contributed by atoms with E-state index < -0.39 is 10.7 Å². The molecule has 3 N–H and O–H groups in total. The molecule has 0 saturated heterocycles. The molecule has 0 amide bonds. The van der Waals surface area contributed by atoms with Crippen LogP contribution in [0.2, 0.25) is 0 Å². The lowest BCUT2D eigenvalue weighted by Gasteiger charge is -2.12. The van der Waals surface area contributed by atoms with Crippen molar-refractivity contribution in [2.24, 2.45) is 5.73 Å². The zero-order valence-electron chi connectivity index (χ0n) is 9.87. The molecule has 1 unspecified atom stereocenters. The van der Waals surface area contributed by atoms with Crippen molar-refractivity contribution >= 4 is 11.4 Å². The number of anilines is 1. The molecule has 1 aromatic rings. The predicted octanol–water partition coefficient (Wildman–Crippen LogP) is 2.19. The lowest BCUT2D eigenvalue weighted by molar-refractivity contribution is -0.384. The Balaban J connectivity index is 2.96. The lowest BCUT2D eigenvalue weighted by Crippen LogP contribution is -2.28. The second kappa shape index (κ2) is 5.58. The molecule has 0 spiro atoms. The summed E-state index contributed by atoms with van der Waals surface area (Å²) in [6.45, 7) is 3.91. The van der Waals surface area contributed by atoms with Gasteiger partial charge in [-0.15, -0.1) is 0 Å². The van der Waals surface area contributed by atoms with Crippen LogP contribution in [0, 0.1) is 22.9 Å². The highest BCUT2D eigenvalue weighted by atomic mass is 19.1. The zero-order chi connectivity index (χ0) is 13.0. The second-order valence-electron chi connectivity index (χ2n) is 3.92. The van der Waals surface area contributed by atoms with Crippen molar-refractivity contribution in [2.75, 3.05) is 11.9 Å². The number of hydrogen-bond acceptors (Lipinski definition) is 4. The minimum Gasteiger partial charge on any atom is -0.378 e. The first-order chi connectivity index (χ1) is 7.95. The van der Waals surface area contributed by atoms with Gasteiger partial charge in [0.2, 0.25) is 0 Å². The van der Waals surface area contributed by atoms with Crippen LogP contribution in [0.3, 0.4) is 0 Å². The van der Waals surface area contributed by atoms with E-state index in [1.807, 2.05) is 6.92 Å². The molecule has 0 fully saturated rings. The number of aryl methyl sites for hydroxylation is 1. The Morgan fingerprint density at radius 2 is 2.24 bits per heavy atom. The van der Waals surface area contributed by atoms with Gasteiger partial charge >= 0.3 is 0 Å². The monoisotopic (exact) mass is 241 g/mol. The van der Waals surface area contributed by atoms with Crippen LogP contribution >= 0.6 is 0 Å². The lowest BCUT2D eigenvalue weighted by atomic mass is 10.1. The van der Waals surface area contributed by atoms with E-state index in [1.165, 1.54) is 6.07 Å². The van der Waals surface area contributed by atoms with Crippen LogP contribution in [-0.4, -0.2) is 17.5 Å². The normalized spacial score (nSPS) is 12.2. The topological polar surface area (TPSA) is 81.2 Å². The first kappa shape index (κ1) is 13.4. The number of halogens is 1. The average Bonchev–Trinajstić information content (AvgIpc) is 2.29. The molecule has 94 valence electrons. The maximum Gasteiger partial charge on any atom is 0.295 e. The van der Waals surface area contributed by atoms with E-state index in [1.54, 1.807) is 6.92 Å². The van der Waals surface area contributed by atoms with Crippen molar-refractivity contribution in [1.29, 1.82) is 0 Å². The van der Waals surface area contributed by atoms with Crippen molar-refractivity contribution in [3.05, 3.63) is 33.6 Å². The Labute approximate surface area is 99.0 Å². The Hall–Kier alpha value is -1.69. The molecular formula is C11H16FN3O2. The van der Waals surface area contributed by atoms with Gasteiger partial charge in [0.05, 0.1) is 11.0 Å². The molecule has 0 radical (unpaired) electrons. The Morgan fingerprint density at radius 1 is 1.59 bits per heavy atom. The summed E-state index contributed by atoms with van der Waals surface area (Å²) in [5.41, 5.74) is 6.11. The van der Waals surface area contributed by atoms with Gasteiger partial charge in [-0.05, 0) is 25.0 Å². The van der Waals surface area contributed by atoms with Crippen molar-refractivity contribution in [1.82, 2.24) is 0 Å². The van der Waals surface area contributed by atoms with E-state index >= 15 is 0 Å². The summed E-state index contributed by atoms with van der Waals surface area (Å²) in [5.74, 6) is -0.581. The molecule has 0 aliphatic carbocycles. The van der Waals surface area contributed by atoms with Gasteiger partial charge in [-0.25, -0.2) is 4.39 Å². The molecule has 0 heterocycles. The van der Waals surface area contributed by atoms with Gasteiger partial charge < -0.3 is 11.1 Å². The van der Waals surface area contributed by atoms with E-state index in [4.69, 9.17) is 5.73 Å². The smallest absolute Gasteiger partial charge is 0.295 e. The summed E-state index contributed by atoms with van der Waals surface area (Å²) in [4.78, 5) is 10.2. The van der Waals surface area contributed by atoms with Crippen LogP contribution in [0.15, 0.2) is 12.1 Å². The fourth-order valence-electron chi connectivity index (χ4n) is 1.35. The molecule has 6 heteroatoms. The molecule has 1 aromatic carbocycles. The molecule has 0 saturated carbocycles. The van der Waals surface area contributed by atoms with Crippen molar-refractivity contribution in [3.8, 4) is 0 Å². The number of nitrogens with zero attached hydrogens (tertiary/aromatic N) is 1. The van der Waals surface area contributed by atoms with Crippen LogP contribution in [-0.2, 0) is 0 Å². The molecule has 0 aromatic heterocycles. The minimum absolute atomic E-state index is 0.0834. The highest BCUT2D eigenvalue weighted by molar-refractivity contribution is 5.63. The minimum atomic E-state index is -0.609. The highest BCUT2D eigenvalue weighted by Crippen LogP contribution is 2.27. The summed E-state index contributed by atoms with van der Waals surface area (Å²) in [5, 5.41) is 13.6. The molecule has 5 nitrogen and oxygen atoms in total. The fraction of sp³-hybridized carbons (Fsp3) is 0.455. The number of nitro groups is 1. The number of hydrogen-bond donors (Lipinski definition) is 2. The largest absolute Gasteiger partial charge is 0.378 e. The Bertz CT molecular complexity index is 423. The summed E-state index contributed by atoms with van der Waals surface area (Å²) in [6, 6.07) is 2.27. The Kier molecular flexibility index (Phi) is 4.39. The van der Waals surface area contributed by atoms with Crippen LogP contribution < -0.4 is 11.1 Å². The average molecular weight is 241 g/mol. The molecule has 1 atom stereocenters. The summed E-state index contributed by atoms with van der Waals surface area (Å²) in [6.07, 6.45) is 0.765. The third-order valence-electron chi connectivity index (χ3n) is 2.55. The van der Waals surface area contributed by atoms with Crippen molar-refractivity contribution in [2.45, 2.75) is 26.3 Å². The third-order valence-corrected chi connectivity index (χ3v) is 2.55. The van der Waals surface area contributed by atoms with Gasteiger partial charge in [-0.2, -0.15) is 0 Å². The first-order valence-corrected chi connectivity index (χ1v) is 5.39. The van der Waals surface area contributed by atoms with E-state index in [2.05, 4.69) is 5.32 Å². The van der Waals surface area contributed by atoms with Crippen LogP contribution in [0.5, 0.6) is 0 Å². The number of nitro benzene ring substituents is 1. The Morgan fingerprint density at radius 3 is 2.76 bits per heavy atom. The van der Waals surface area contributed by atoms with Gasteiger partial charge in [0, 0.05) is 12.6 Å².